The molecular formula is C55H64N2O9. The van der Waals surface area contributed by atoms with Crippen LogP contribution in [0.3, 0.4) is 0 Å². The minimum absolute atomic E-state index is 0.0480. The highest BCUT2D eigenvalue weighted by Gasteiger charge is 2.84. The Bertz CT molecular complexity index is 2650. The second-order valence-electron chi connectivity index (χ2n) is 21.0. The number of Topliss-reactive ketones (excluding diaryl/α,β-unsaturated/α-hetero) is 2. The molecule has 0 amide bonds. The van der Waals surface area contributed by atoms with Crippen molar-refractivity contribution in [3.63, 3.8) is 0 Å². The van der Waals surface area contributed by atoms with Gasteiger partial charge in [0.15, 0.2) is 22.8 Å². The minimum Gasteiger partial charge on any atom is -0.491 e. The first kappa shape index (κ1) is 44.6. The molecule has 6 unspecified atom stereocenters. The lowest BCUT2D eigenvalue weighted by atomic mass is 9.45. The number of allylic oxidation sites excluding steroid dienone is 5. The van der Waals surface area contributed by atoms with Crippen molar-refractivity contribution in [2.24, 2.45) is 17.8 Å². The van der Waals surface area contributed by atoms with Crippen LogP contribution in [0, 0.1) is 17.8 Å². The zero-order valence-electron chi connectivity index (χ0n) is 40.3. The van der Waals surface area contributed by atoms with Gasteiger partial charge in [-0.15, -0.1) is 0 Å². The third-order valence-corrected chi connectivity index (χ3v) is 15.7. The van der Waals surface area contributed by atoms with Gasteiger partial charge in [-0.1, -0.05) is 53.6 Å². The van der Waals surface area contributed by atoms with Gasteiger partial charge < -0.3 is 33.3 Å². The average molecular weight is 897 g/mol. The summed E-state index contributed by atoms with van der Waals surface area (Å²) < 4.78 is 42.3. The lowest BCUT2D eigenvalue weighted by Gasteiger charge is -2.62. The van der Waals surface area contributed by atoms with Crippen LogP contribution in [0.5, 0.6) is 17.2 Å². The Kier molecular flexibility index (Phi) is 10.8. The van der Waals surface area contributed by atoms with Crippen molar-refractivity contribution in [2.45, 2.75) is 110 Å². The number of ether oxygens (including phenoxy) is 6. The molecule has 9 aliphatic rings. The van der Waals surface area contributed by atoms with Crippen molar-refractivity contribution in [1.82, 2.24) is 9.80 Å². The van der Waals surface area contributed by atoms with E-state index in [0.717, 1.165) is 67.8 Å². The van der Waals surface area contributed by atoms with Gasteiger partial charge in [0.1, 0.15) is 46.5 Å². The molecule has 2 aromatic carbocycles. The van der Waals surface area contributed by atoms with Crippen molar-refractivity contribution in [3.8, 4) is 17.2 Å². The first-order valence-corrected chi connectivity index (χ1v) is 23.9. The summed E-state index contributed by atoms with van der Waals surface area (Å²) in [5.41, 5.74) is 2.98. The smallest absolute Gasteiger partial charge is 0.333 e. The maximum absolute atomic E-state index is 15.9. The van der Waals surface area contributed by atoms with Gasteiger partial charge in [0.05, 0.1) is 23.8 Å². The first-order chi connectivity index (χ1) is 31.4. The second-order valence-corrected chi connectivity index (χ2v) is 21.0. The third kappa shape index (κ3) is 6.57. The Morgan fingerprint density at radius 3 is 2.35 bits per heavy atom. The number of rotatable bonds is 12. The van der Waals surface area contributed by atoms with E-state index in [1.807, 2.05) is 38.1 Å². The Hall–Kier alpha value is -5.23. The maximum Gasteiger partial charge on any atom is 0.333 e. The fourth-order valence-electron chi connectivity index (χ4n) is 12.3. The molecule has 0 aromatic heterocycles. The predicted molar refractivity (Wildman–Crippen MR) is 253 cm³/mol. The summed E-state index contributed by atoms with van der Waals surface area (Å²) in [5.74, 6) is 0.456. The number of likely N-dealkylation sites (N-methyl/N-ethyl adjacent to an activating group) is 1. The van der Waals surface area contributed by atoms with Gasteiger partial charge >= 0.3 is 5.97 Å². The quantitative estimate of drug-likeness (QED) is 0.116. The summed E-state index contributed by atoms with van der Waals surface area (Å²) in [5, 5.41) is 0. The van der Waals surface area contributed by atoms with E-state index >= 15 is 4.79 Å². The van der Waals surface area contributed by atoms with Crippen LogP contribution in [0.1, 0.15) is 114 Å². The Morgan fingerprint density at radius 1 is 0.909 bits per heavy atom. The van der Waals surface area contributed by atoms with E-state index in [0.29, 0.717) is 76.1 Å². The molecule has 3 saturated carbocycles. The Balaban J connectivity index is 1.25. The van der Waals surface area contributed by atoms with Crippen molar-refractivity contribution < 1.29 is 42.8 Å². The highest BCUT2D eigenvalue weighted by Crippen LogP contribution is 2.75. The average Bonchev–Trinajstić information content (AvgIpc) is 3.64. The molecule has 4 aliphatic carbocycles. The molecule has 0 radical (unpaired) electrons. The monoisotopic (exact) mass is 896 g/mol. The highest BCUT2D eigenvalue weighted by atomic mass is 16.6. The van der Waals surface area contributed by atoms with Crippen LogP contribution < -0.4 is 14.2 Å². The van der Waals surface area contributed by atoms with Crippen molar-refractivity contribution in [2.75, 3.05) is 53.5 Å². The molecule has 4 bridgehead atoms. The number of carbonyl (C=O) groups excluding carboxylic acids is 3. The second kappa shape index (κ2) is 15.9. The Labute approximate surface area is 389 Å². The minimum atomic E-state index is -1.59. The number of esters is 1. The zero-order chi connectivity index (χ0) is 46.7. The lowest BCUT2D eigenvalue weighted by molar-refractivity contribution is -0.181. The highest BCUT2D eigenvalue weighted by molar-refractivity contribution is 6.22. The molecule has 2 aromatic rings. The molecule has 5 aliphatic heterocycles. The predicted octanol–water partition coefficient (Wildman–Crippen LogP) is 9.10. The van der Waals surface area contributed by atoms with Gasteiger partial charge in [0.2, 0.25) is 0 Å². The van der Waals surface area contributed by atoms with E-state index in [1.165, 1.54) is 12.7 Å². The van der Waals surface area contributed by atoms with E-state index in [2.05, 4.69) is 75.8 Å². The van der Waals surface area contributed by atoms with E-state index in [9.17, 15) is 9.59 Å². The Morgan fingerprint density at radius 2 is 1.64 bits per heavy atom. The van der Waals surface area contributed by atoms with E-state index in [-0.39, 0.29) is 23.9 Å². The maximum atomic E-state index is 15.9. The number of benzene rings is 2. The standard InChI is InChI=1S/C55H64N2O9/c1-31(2)14-13-21-53(8)22-20-37-45(64-53)36(18-17-32(3)4)48-42(46(37)62-29-28-57-26-24-56(9)25-27-57)49-43-40(41-44(58)34-15-11-12-16-35(34)47(41)63-49)38-30-39-52(6,7)66-54(50(38)59,55(39,43)65-48)23-19-33(5)51(60)61-10/h11-12,14-17,19-20,22,38-40H,13,18,21,23-30H2,1-10H3/b33-19-. The van der Waals surface area contributed by atoms with Crippen LogP contribution in [0.2, 0.25) is 0 Å². The number of ketones is 2. The number of hydrogen-bond donors (Lipinski definition) is 0. The zero-order valence-corrected chi connectivity index (χ0v) is 40.3. The van der Waals surface area contributed by atoms with E-state index < -0.39 is 40.2 Å². The van der Waals surface area contributed by atoms with Crippen molar-refractivity contribution in [3.05, 3.63) is 104 Å². The van der Waals surface area contributed by atoms with Crippen LogP contribution in [-0.4, -0.2) is 103 Å². The molecule has 66 heavy (non-hydrogen) atoms. The fourth-order valence-corrected chi connectivity index (χ4v) is 12.3. The number of hydrogen-bond acceptors (Lipinski definition) is 11. The fraction of sp³-hybridized carbons (Fsp3) is 0.509. The lowest BCUT2D eigenvalue weighted by Crippen LogP contribution is -2.75. The largest absolute Gasteiger partial charge is 0.491 e. The van der Waals surface area contributed by atoms with Crippen molar-refractivity contribution >= 4 is 35.1 Å². The van der Waals surface area contributed by atoms with Gasteiger partial charge in [-0.3, -0.25) is 14.5 Å². The summed E-state index contributed by atoms with van der Waals surface area (Å²) in [6.45, 7) is 21.3. The molecule has 2 saturated heterocycles. The molecule has 11 nitrogen and oxygen atoms in total. The number of carbonyl (C=O) groups is 3. The van der Waals surface area contributed by atoms with Crippen molar-refractivity contribution in [1.29, 1.82) is 0 Å². The van der Waals surface area contributed by atoms with E-state index in [1.54, 1.807) is 13.0 Å². The van der Waals surface area contributed by atoms with Crippen LogP contribution in [0.4, 0.5) is 0 Å². The van der Waals surface area contributed by atoms with Gasteiger partial charge in [-0.25, -0.2) is 4.79 Å². The normalized spacial score (nSPS) is 29.8. The van der Waals surface area contributed by atoms with Crippen LogP contribution in [-0.2, 0) is 30.2 Å². The molecule has 348 valence electrons. The molecule has 11 rings (SSSR count). The molecule has 5 fully saturated rings. The first-order valence-electron chi connectivity index (χ1n) is 23.9. The summed E-state index contributed by atoms with van der Waals surface area (Å²) in [4.78, 5) is 48.4. The number of piperazine rings is 1. The third-order valence-electron chi connectivity index (χ3n) is 15.7. The summed E-state index contributed by atoms with van der Waals surface area (Å²) in [6, 6.07) is 7.57. The summed E-state index contributed by atoms with van der Waals surface area (Å²) in [7, 11) is 3.51. The van der Waals surface area contributed by atoms with Gasteiger partial charge in [0.25, 0.3) is 0 Å². The molecule has 5 heterocycles. The summed E-state index contributed by atoms with van der Waals surface area (Å²) in [6.07, 6.45) is 13.0. The molecule has 1 spiro atoms. The summed E-state index contributed by atoms with van der Waals surface area (Å²) >= 11 is 0. The van der Waals surface area contributed by atoms with Crippen LogP contribution in [0.25, 0.3) is 17.6 Å². The van der Waals surface area contributed by atoms with Crippen LogP contribution in [0.15, 0.2) is 76.4 Å². The van der Waals surface area contributed by atoms with Gasteiger partial charge in [0, 0.05) is 84.7 Å². The topological polar surface area (TPSA) is 113 Å². The number of nitrogens with zero attached hydrogens (tertiary/aromatic N) is 2. The molecule has 6 atom stereocenters. The number of fused-ring (bicyclic) bond motifs is 5. The van der Waals surface area contributed by atoms with Gasteiger partial charge in [-0.2, -0.15) is 0 Å². The number of methoxy groups -OCH3 is 1. The van der Waals surface area contributed by atoms with Gasteiger partial charge in [-0.05, 0) is 100 Å². The SMILES string of the molecule is COC(=O)/C(C)=C\CC12OC(C)(C)C3CC(C1=O)C1C4=C(OC5=C1C32Oc1c(CC=C(C)C)c2c(c(OCCN3CCN(C)CC3)c15)C=CC(C)(CCC=C(C)C)O2)c1ccccc1C4=O. The van der Waals surface area contributed by atoms with Crippen LogP contribution >= 0.6 is 0 Å². The molecule has 0 N–H and O–H groups in total. The molecular weight excluding hydrogens is 833 g/mol. The van der Waals surface area contributed by atoms with E-state index in [4.69, 9.17) is 28.4 Å². The molecule has 11 heteroatoms.